The molecular weight excluding hydrogens is 234 g/mol. The summed E-state index contributed by atoms with van der Waals surface area (Å²) in [6.45, 7) is 6.62. The molecule has 0 saturated heterocycles. The van der Waals surface area contributed by atoms with Crippen molar-refractivity contribution in [3.63, 3.8) is 0 Å². The molecule has 1 aromatic rings. The van der Waals surface area contributed by atoms with Gasteiger partial charge in [-0.15, -0.1) is 0 Å². The van der Waals surface area contributed by atoms with Crippen LogP contribution in [0.15, 0.2) is 18.2 Å². The maximum Gasteiger partial charge on any atom is 0.141 e. The number of benzene rings is 1. The lowest BCUT2D eigenvalue weighted by molar-refractivity contribution is 0.415. The summed E-state index contributed by atoms with van der Waals surface area (Å²) in [6, 6.07) is 6.77. The van der Waals surface area contributed by atoms with E-state index < -0.39 is 0 Å². The highest BCUT2D eigenvalue weighted by molar-refractivity contribution is 5.58. The molecule has 0 aromatic heterocycles. The van der Waals surface area contributed by atoms with Gasteiger partial charge in [-0.05, 0) is 38.0 Å². The summed E-state index contributed by atoms with van der Waals surface area (Å²) in [4.78, 5) is 0. The first-order valence-corrected chi connectivity index (χ1v) is 7.58. The molecule has 0 amide bonds. The summed E-state index contributed by atoms with van der Waals surface area (Å²) in [5.41, 5.74) is 2.38. The van der Waals surface area contributed by atoms with Crippen LogP contribution < -0.4 is 10.1 Å². The Morgan fingerprint density at radius 3 is 2.58 bits per heavy atom. The third-order valence-corrected chi connectivity index (χ3v) is 3.50. The zero-order valence-corrected chi connectivity index (χ0v) is 13.0. The lowest BCUT2D eigenvalue weighted by atomic mass is 10.1. The number of nitrogens with one attached hydrogen (secondary N) is 1. The first-order chi connectivity index (χ1) is 9.17. The Balaban J connectivity index is 2.39. The predicted molar refractivity (Wildman–Crippen MR) is 84.2 cm³/mol. The van der Waals surface area contributed by atoms with Crippen LogP contribution in [0.1, 0.15) is 57.9 Å². The van der Waals surface area contributed by atoms with Gasteiger partial charge >= 0.3 is 0 Å². The van der Waals surface area contributed by atoms with Crippen LogP contribution in [-0.2, 0) is 0 Å². The predicted octanol–water partition coefficient (Wildman–Crippen LogP) is 5.16. The summed E-state index contributed by atoms with van der Waals surface area (Å²) in [7, 11) is 1.73. The van der Waals surface area contributed by atoms with Crippen LogP contribution in [0.3, 0.4) is 0 Å². The monoisotopic (exact) mass is 263 g/mol. The Morgan fingerprint density at radius 2 is 1.89 bits per heavy atom. The second kappa shape index (κ2) is 8.84. The molecule has 0 saturated carbocycles. The average Bonchev–Trinajstić information content (AvgIpc) is 2.39. The van der Waals surface area contributed by atoms with Crippen LogP contribution in [0, 0.1) is 6.92 Å². The Morgan fingerprint density at radius 1 is 1.16 bits per heavy atom. The van der Waals surface area contributed by atoms with Crippen molar-refractivity contribution in [1.82, 2.24) is 0 Å². The average molecular weight is 263 g/mol. The highest BCUT2D eigenvalue weighted by Crippen LogP contribution is 2.26. The van der Waals surface area contributed by atoms with Gasteiger partial charge in [0, 0.05) is 6.04 Å². The Bertz CT molecular complexity index is 362. The van der Waals surface area contributed by atoms with Gasteiger partial charge in [-0.3, -0.25) is 0 Å². The summed E-state index contributed by atoms with van der Waals surface area (Å²) < 4.78 is 5.40. The minimum atomic E-state index is 0.498. The van der Waals surface area contributed by atoms with E-state index in [9.17, 15) is 0 Å². The number of hydrogen-bond donors (Lipinski definition) is 1. The van der Waals surface area contributed by atoms with Crippen molar-refractivity contribution in [3.05, 3.63) is 23.8 Å². The zero-order chi connectivity index (χ0) is 14.1. The van der Waals surface area contributed by atoms with Crippen LogP contribution in [-0.4, -0.2) is 13.2 Å². The number of hydrogen-bond acceptors (Lipinski definition) is 2. The van der Waals surface area contributed by atoms with Crippen molar-refractivity contribution in [3.8, 4) is 5.75 Å². The Labute approximate surface area is 118 Å². The number of anilines is 1. The fourth-order valence-corrected chi connectivity index (χ4v) is 2.33. The first kappa shape index (κ1) is 15.9. The lowest BCUT2D eigenvalue weighted by Gasteiger charge is -2.18. The van der Waals surface area contributed by atoms with E-state index in [4.69, 9.17) is 4.74 Å². The SMILES string of the molecule is CCCCCCCC(C)Nc1cc(C)ccc1OC. The van der Waals surface area contributed by atoms with Gasteiger partial charge in [0.15, 0.2) is 0 Å². The van der Waals surface area contributed by atoms with Crippen molar-refractivity contribution in [1.29, 1.82) is 0 Å². The van der Waals surface area contributed by atoms with Gasteiger partial charge in [0.1, 0.15) is 5.75 Å². The Kier molecular flexibility index (Phi) is 7.39. The van der Waals surface area contributed by atoms with Gasteiger partial charge in [0.05, 0.1) is 12.8 Å². The van der Waals surface area contributed by atoms with Gasteiger partial charge in [0.2, 0.25) is 0 Å². The molecule has 0 fully saturated rings. The maximum atomic E-state index is 5.40. The molecule has 1 aromatic carbocycles. The smallest absolute Gasteiger partial charge is 0.141 e. The van der Waals surface area contributed by atoms with E-state index in [0.29, 0.717) is 6.04 Å². The molecule has 108 valence electrons. The quantitative estimate of drug-likeness (QED) is 0.621. The topological polar surface area (TPSA) is 21.3 Å². The molecule has 0 aliphatic carbocycles. The minimum absolute atomic E-state index is 0.498. The highest BCUT2D eigenvalue weighted by atomic mass is 16.5. The van der Waals surface area contributed by atoms with Crippen molar-refractivity contribution in [2.45, 2.75) is 65.3 Å². The van der Waals surface area contributed by atoms with Crippen LogP contribution in [0.4, 0.5) is 5.69 Å². The van der Waals surface area contributed by atoms with Crippen molar-refractivity contribution < 1.29 is 4.74 Å². The van der Waals surface area contributed by atoms with E-state index in [1.807, 2.05) is 6.07 Å². The van der Waals surface area contributed by atoms with E-state index >= 15 is 0 Å². The maximum absolute atomic E-state index is 5.40. The number of unbranched alkanes of at least 4 members (excludes halogenated alkanes) is 4. The summed E-state index contributed by atoms with van der Waals surface area (Å²) in [5.74, 6) is 0.934. The molecule has 0 radical (unpaired) electrons. The van der Waals surface area contributed by atoms with Crippen molar-refractivity contribution in [2.75, 3.05) is 12.4 Å². The molecule has 1 unspecified atom stereocenters. The summed E-state index contributed by atoms with van der Waals surface area (Å²) in [6.07, 6.45) is 7.94. The normalized spacial score (nSPS) is 12.2. The van der Waals surface area contributed by atoms with Gasteiger partial charge < -0.3 is 10.1 Å². The van der Waals surface area contributed by atoms with Crippen molar-refractivity contribution in [2.24, 2.45) is 0 Å². The number of methoxy groups -OCH3 is 1. The zero-order valence-electron chi connectivity index (χ0n) is 13.0. The van der Waals surface area contributed by atoms with Crippen LogP contribution in [0.2, 0.25) is 0 Å². The van der Waals surface area contributed by atoms with E-state index in [0.717, 1.165) is 11.4 Å². The molecule has 0 spiro atoms. The van der Waals surface area contributed by atoms with Crippen LogP contribution in [0.25, 0.3) is 0 Å². The van der Waals surface area contributed by atoms with Gasteiger partial charge in [0.25, 0.3) is 0 Å². The second-order valence-corrected chi connectivity index (χ2v) is 5.45. The van der Waals surface area contributed by atoms with E-state index in [1.165, 1.54) is 44.1 Å². The third kappa shape index (κ3) is 6.00. The number of ether oxygens (including phenoxy) is 1. The molecule has 0 aliphatic heterocycles. The first-order valence-electron chi connectivity index (χ1n) is 7.58. The van der Waals surface area contributed by atoms with E-state index in [-0.39, 0.29) is 0 Å². The third-order valence-electron chi connectivity index (χ3n) is 3.50. The summed E-state index contributed by atoms with van der Waals surface area (Å²) in [5, 5.41) is 3.57. The summed E-state index contributed by atoms with van der Waals surface area (Å²) >= 11 is 0. The standard InChI is InChI=1S/C17H29NO/c1-5-6-7-8-9-10-15(3)18-16-13-14(2)11-12-17(16)19-4/h11-13,15,18H,5-10H2,1-4H3. The fourth-order valence-electron chi connectivity index (χ4n) is 2.33. The van der Waals surface area contributed by atoms with Crippen LogP contribution >= 0.6 is 0 Å². The van der Waals surface area contributed by atoms with E-state index in [1.54, 1.807) is 7.11 Å². The Hall–Kier alpha value is -1.18. The minimum Gasteiger partial charge on any atom is -0.495 e. The van der Waals surface area contributed by atoms with Gasteiger partial charge in [-0.2, -0.15) is 0 Å². The number of aryl methyl sites for hydroxylation is 1. The lowest BCUT2D eigenvalue weighted by Crippen LogP contribution is -2.15. The molecule has 0 heterocycles. The highest BCUT2D eigenvalue weighted by Gasteiger charge is 2.07. The molecule has 19 heavy (non-hydrogen) atoms. The molecule has 1 rings (SSSR count). The molecule has 1 atom stereocenters. The van der Waals surface area contributed by atoms with Crippen molar-refractivity contribution >= 4 is 5.69 Å². The molecule has 2 nitrogen and oxygen atoms in total. The number of rotatable bonds is 9. The largest absolute Gasteiger partial charge is 0.495 e. The molecule has 2 heteroatoms. The molecule has 1 N–H and O–H groups in total. The molecular formula is C17H29NO. The fraction of sp³-hybridized carbons (Fsp3) is 0.647. The van der Waals surface area contributed by atoms with Gasteiger partial charge in [-0.1, -0.05) is 45.1 Å². The van der Waals surface area contributed by atoms with Crippen LogP contribution in [0.5, 0.6) is 5.75 Å². The van der Waals surface area contributed by atoms with Gasteiger partial charge in [-0.25, -0.2) is 0 Å². The molecule has 0 aliphatic rings. The molecule has 0 bridgehead atoms. The van der Waals surface area contributed by atoms with E-state index in [2.05, 4.69) is 38.2 Å². The second-order valence-electron chi connectivity index (χ2n) is 5.45.